The summed E-state index contributed by atoms with van der Waals surface area (Å²) in [5.41, 5.74) is 4.41. The van der Waals surface area contributed by atoms with E-state index in [0.29, 0.717) is 18.6 Å². The van der Waals surface area contributed by atoms with Crippen molar-refractivity contribution in [3.63, 3.8) is 0 Å². The van der Waals surface area contributed by atoms with E-state index >= 15 is 0 Å². The van der Waals surface area contributed by atoms with Gasteiger partial charge in [0.2, 0.25) is 0 Å². The van der Waals surface area contributed by atoms with Crippen LogP contribution in [0.2, 0.25) is 0 Å². The van der Waals surface area contributed by atoms with E-state index in [9.17, 15) is 4.57 Å². The molecular weight excluding hydrogens is 435 g/mol. The zero-order valence-corrected chi connectivity index (χ0v) is 20.8. The lowest BCUT2D eigenvalue weighted by Crippen LogP contribution is -2.46. The Morgan fingerprint density at radius 2 is 1.94 bits per heavy atom. The van der Waals surface area contributed by atoms with Gasteiger partial charge in [0.05, 0.1) is 7.11 Å². The van der Waals surface area contributed by atoms with Gasteiger partial charge in [0.25, 0.3) is 0 Å². The van der Waals surface area contributed by atoms with Gasteiger partial charge in [-0.05, 0) is 87.2 Å². The number of nitrogens with one attached hydrogen (secondary N) is 2. The molecule has 1 aliphatic carbocycles. The number of hydrogen-bond acceptors (Lipinski definition) is 5. The quantitative estimate of drug-likeness (QED) is 0.243. The molecule has 1 aromatic rings. The highest BCUT2D eigenvalue weighted by atomic mass is 31.1. The van der Waals surface area contributed by atoms with Gasteiger partial charge < -0.3 is 15.4 Å². The second kappa shape index (κ2) is 14.6. The zero-order chi connectivity index (χ0) is 23.3. The van der Waals surface area contributed by atoms with Crippen molar-refractivity contribution < 1.29 is 18.7 Å². The molecule has 1 aliphatic heterocycles. The van der Waals surface area contributed by atoms with E-state index in [-0.39, 0.29) is 0 Å². The van der Waals surface area contributed by atoms with Crippen molar-refractivity contribution in [1.29, 1.82) is 0 Å². The number of aryl methyl sites for hydroxylation is 1. The van der Waals surface area contributed by atoms with E-state index in [0.717, 1.165) is 38.2 Å². The molecule has 182 valence electrons. The fraction of sp³-hybridized carbons (Fsp3) is 0.615. The van der Waals surface area contributed by atoms with Crippen molar-refractivity contribution in [2.75, 3.05) is 33.4 Å². The maximum atomic E-state index is 10.6. The van der Waals surface area contributed by atoms with Crippen LogP contribution in [0.5, 0.6) is 5.75 Å². The number of piperidine rings is 1. The molecule has 1 aromatic carbocycles. The average molecular weight is 476 g/mol. The smallest absolute Gasteiger partial charge is 0.497 e. The van der Waals surface area contributed by atoms with Gasteiger partial charge in [0.1, 0.15) is 12.4 Å². The topological polar surface area (TPSA) is 79.8 Å². The van der Waals surface area contributed by atoms with E-state index in [4.69, 9.17) is 14.2 Å². The molecule has 3 N–H and O–H groups in total. The van der Waals surface area contributed by atoms with Gasteiger partial charge in [-0.3, -0.25) is 0 Å². The van der Waals surface area contributed by atoms with E-state index in [1.807, 2.05) is 6.07 Å². The van der Waals surface area contributed by atoms with Crippen LogP contribution in [0.25, 0.3) is 0 Å². The molecule has 6 nitrogen and oxygen atoms in total. The lowest BCUT2D eigenvalue weighted by atomic mass is 9.76. The van der Waals surface area contributed by atoms with Crippen molar-refractivity contribution >= 4 is 8.25 Å². The van der Waals surface area contributed by atoms with Crippen LogP contribution in [-0.4, -0.2) is 44.3 Å². The van der Waals surface area contributed by atoms with Gasteiger partial charge in [-0.2, -0.15) is 0 Å². The van der Waals surface area contributed by atoms with Crippen LogP contribution in [0.4, 0.5) is 0 Å². The number of fused-ring (bicyclic) bond motifs is 1. The molecule has 0 amide bonds. The van der Waals surface area contributed by atoms with Crippen molar-refractivity contribution in [2.24, 2.45) is 5.92 Å². The molecule has 1 saturated heterocycles. The zero-order valence-electron chi connectivity index (χ0n) is 19.9. The fourth-order valence-corrected chi connectivity index (χ4v) is 5.25. The Balaban J connectivity index is 1.37. The van der Waals surface area contributed by atoms with Gasteiger partial charge in [-0.15, -0.1) is 9.42 Å². The molecule has 1 heterocycles. The normalized spacial score (nSPS) is 20.6. The van der Waals surface area contributed by atoms with Crippen LogP contribution >= 0.6 is 8.25 Å². The van der Waals surface area contributed by atoms with Crippen molar-refractivity contribution in [3.05, 3.63) is 53.1 Å². The summed E-state index contributed by atoms with van der Waals surface area (Å²) in [7, 11) is -0.758. The highest BCUT2D eigenvalue weighted by Gasteiger charge is 2.31. The second-order valence-electron chi connectivity index (χ2n) is 9.03. The molecule has 7 heteroatoms. The minimum atomic E-state index is -2.48. The van der Waals surface area contributed by atoms with Crippen LogP contribution in [0.15, 0.2) is 47.6 Å². The Bertz CT molecular complexity index is 811. The predicted molar refractivity (Wildman–Crippen MR) is 134 cm³/mol. The summed E-state index contributed by atoms with van der Waals surface area (Å²) in [5, 5.41) is 7.21. The minimum absolute atomic E-state index is 0.311. The first kappa shape index (κ1) is 26.1. The molecule has 3 atom stereocenters. The summed E-state index contributed by atoms with van der Waals surface area (Å²) in [4.78, 5) is 8.67. The Hall–Kier alpha value is -1.56. The average Bonchev–Trinajstić information content (AvgIpc) is 2.84. The molecule has 2 aliphatic rings. The SMILES string of the molecule is COc1cccc(CCCCCCC2=CC=C(CNCCCO[P+](=O)O)C3NCCCC23)c1. The number of rotatable bonds is 15. The van der Waals surface area contributed by atoms with Crippen LogP contribution < -0.4 is 15.4 Å². The third-order valence-electron chi connectivity index (χ3n) is 6.69. The van der Waals surface area contributed by atoms with E-state index in [1.165, 1.54) is 56.1 Å². The molecule has 0 aromatic heterocycles. The van der Waals surface area contributed by atoms with Crippen molar-refractivity contribution in [3.8, 4) is 5.75 Å². The van der Waals surface area contributed by atoms with Crippen LogP contribution in [0.1, 0.15) is 56.9 Å². The van der Waals surface area contributed by atoms with E-state index < -0.39 is 8.25 Å². The first-order valence-corrected chi connectivity index (χ1v) is 13.6. The highest BCUT2D eigenvalue weighted by molar-refractivity contribution is 7.32. The lowest BCUT2D eigenvalue weighted by molar-refractivity contribution is 0.276. The third-order valence-corrected chi connectivity index (χ3v) is 7.09. The van der Waals surface area contributed by atoms with Crippen LogP contribution in [-0.2, 0) is 15.5 Å². The second-order valence-corrected chi connectivity index (χ2v) is 9.76. The summed E-state index contributed by atoms with van der Waals surface area (Å²) < 4.78 is 20.6. The monoisotopic (exact) mass is 475 g/mol. The number of benzene rings is 1. The Morgan fingerprint density at radius 1 is 1.12 bits per heavy atom. The molecular formula is C26H40N2O4P+. The fourth-order valence-electron chi connectivity index (χ4n) is 4.97. The van der Waals surface area contributed by atoms with Crippen LogP contribution in [0.3, 0.4) is 0 Å². The number of hydrogen-bond donors (Lipinski definition) is 3. The van der Waals surface area contributed by atoms with Crippen LogP contribution in [0, 0.1) is 5.92 Å². The minimum Gasteiger partial charge on any atom is -0.497 e. The maximum Gasteiger partial charge on any atom is 0.694 e. The Labute approximate surface area is 199 Å². The first-order valence-electron chi connectivity index (χ1n) is 12.4. The number of ether oxygens (including phenoxy) is 1. The van der Waals surface area contributed by atoms with E-state index in [2.05, 4.69) is 41.0 Å². The molecule has 0 saturated carbocycles. The number of allylic oxidation sites excluding steroid dienone is 2. The maximum absolute atomic E-state index is 10.6. The number of methoxy groups -OCH3 is 1. The summed E-state index contributed by atoms with van der Waals surface area (Å²) in [5.74, 6) is 1.57. The van der Waals surface area contributed by atoms with Gasteiger partial charge >= 0.3 is 8.25 Å². The van der Waals surface area contributed by atoms with Crippen molar-refractivity contribution in [2.45, 2.75) is 63.8 Å². The standard InChI is InChI=1S/C26H39N2O4P/c1-31-24-12-6-10-21(19-24)9-4-2-3-5-11-22-14-15-23(26-25(22)13-7-17-28-26)20-27-16-8-18-32-33(29)30/h6,10,12,14-15,19,25-28H,2-5,7-9,11,13,16-18,20H2,1H3/p+1. The molecule has 3 unspecified atom stereocenters. The Morgan fingerprint density at radius 3 is 2.76 bits per heavy atom. The summed E-state index contributed by atoms with van der Waals surface area (Å²) in [6.07, 6.45) is 15.3. The number of unbranched alkanes of at least 4 members (excludes halogenated alkanes) is 3. The Kier molecular flexibility index (Phi) is 11.6. The van der Waals surface area contributed by atoms with Gasteiger partial charge in [-0.25, -0.2) is 0 Å². The summed E-state index contributed by atoms with van der Waals surface area (Å²) in [6, 6.07) is 8.86. The van der Waals surface area contributed by atoms with Gasteiger partial charge in [-0.1, -0.05) is 42.7 Å². The molecule has 33 heavy (non-hydrogen) atoms. The predicted octanol–water partition coefficient (Wildman–Crippen LogP) is 5.07. The largest absolute Gasteiger partial charge is 0.694 e. The first-order chi connectivity index (χ1) is 16.2. The molecule has 1 fully saturated rings. The van der Waals surface area contributed by atoms with Gasteiger partial charge in [0.15, 0.2) is 0 Å². The summed E-state index contributed by atoms with van der Waals surface area (Å²) in [6.45, 7) is 3.04. The molecule has 0 radical (unpaired) electrons. The highest BCUT2D eigenvalue weighted by Crippen LogP contribution is 2.34. The van der Waals surface area contributed by atoms with Crippen molar-refractivity contribution in [1.82, 2.24) is 10.6 Å². The van der Waals surface area contributed by atoms with Gasteiger partial charge in [0, 0.05) is 17.2 Å². The third kappa shape index (κ3) is 8.95. The molecule has 0 bridgehead atoms. The summed E-state index contributed by atoms with van der Waals surface area (Å²) >= 11 is 0. The lowest BCUT2D eigenvalue weighted by Gasteiger charge is -2.38. The molecule has 0 spiro atoms. The molecule has 3 rings (SSSR count). The van der Waals surface area contributed by atoms with E-state index in [1.54, 1.807) is 12.7 Å².